The van der Waals surface area contributed by atoms with Gasteiger partial charge in [0.15, 0.2) is 6.23 Å². The molecule has 0 bridgehead atoms. The summed E-state index contributed by atoms with van der Waals surface area (Å²) in [5, 5.41) is 13.7. The molecule has 1 aromatic heterocycles. The number of hydrogen-bond acceptors (Lipinski definition) is 4. The molecule has 2 atom stereocenters. The van der Waals surface area contributed by atoms with Crippen molar-refractivity contribution in [2.24, 2.45) is 0 Å². The number of likely N-dealkylation sites (N-methyl/N-ethyl adjacent to an activating group) is 1. The molecule has 12 heteroatoms. The Labute approximate surface area is 220 Å². The Hall–Kier alpha value is -3.34. The number of benzene rings is 2. The van der Waals surface area contributed by atoms with Gasteiger partial charge in [-0.1, -0.05) is 29.3 Å². The Morgan fingerprint density at radius 2 is 1.81 bits per heavy atom. The molecule has 4 rings (SSSR count). The van der Waals surface area contributed by atoms with E-state index >= 15 is 0 Å². The molecule has 2 aromatic carbocycles. The van der Waals surface area contributed by atoms with Gasteiger partial charge in [0.25, 0.3) is 5.91 Å². The first-order chi connectivity index (χ1) is 17.4. The summed E-state index contributed by atoms with van der Waals surface area (Å²) in [6, 6.07) is 11.5. The highest BCUT2D eigenvalue weighted by Gasteiger charge is 2.71. The summed E-state index contributed by atoms with van der Waals surface area (Å²) in [5.74, 6) is -0.432. The highest BCUT2D eigenvalue weighted by Crippen LogP contribution is 2.52. The molecule has 194 valence electrons. The Morgan fingerprint density at radius 3 is 2.38 bits per heavy atom. The van der Waals surface area contributed by atoms with Gasteiger partial charge in [-0.05, 0) is 66.6 Å². The van der Waals surface area contributed by atoms with Crippen LogP contribution < -0.4 is 10.2 Å². The molecule has 2 unspecified atom stereocenters. The van der Waals surface area contributed by atoms with Gasteiger partial charge in [0, 0.05) is 34.5 Å². The maximum absolute atomic E-state index is 14.7. The van der Waals surface area contributed by atoms with Gasteiger partial charge in [-0.15, -0.1) is 0 Å². The molecule has 0 spiro atoms. The van der Waals surface area contributed by atoms with E-state index < -0.39 is 35.4 Å². The van der Waals surface area contributed by atoms with Crippen LogP contribution in [0.5, 0.6) is 0 Å². The summed E-state index contributed by atoms with van der Waals surface area (Å²) in [6.45, 7) is 1.74. The van der Waals surface area contributed by atoms with Gasteiger partial charge >= 0.3 is 12.2 Å². The van der Waals surface area contributed by atoms with E-state index in [0.717, 1.165) is 19.2 Å². The van der Waals surface area contributed by atoms with E-state index in [1.165, 1.54) is 24.3 Å². The van der Waals surface area contributed by atoms with Crippen LogP contribution in [-0.4, -0.2) is 46.4 Å². The fraction of sp³-hybridized carbons (Fsp3) is 0.240. The van der Waals surface area contributed by atoms with Crippen LogP contribution in [0.4, 0.5) is 23.7 Å². The molecule has 0 aliphatic carbocycles. The van der Waals surface area contributed by atoms with Crippen LogP contribution in [0.15, 0.2) is 60.8 Å². The molecule has 1 aliphatic heterocycles. The Morgan fingerprint density at radius 1 is 1.14 bits per heavy atom. The smallest absolute Gasteiger partial charge is 0.370 e. The first-order valence-corrected chi connectivity index (χ1v) is 11.7. The van der Waals surface area contributed by atoms with Crippen molar-refractivity contribution in [3.8, 4) is 0 Å². The number of urea groups is 1. The summed E-state index contributed by atoms with van der Waals surface area (Å²) in [4.78, 5) is 31.0. The van der Waals surface area contributed by atoms with Crippen LogP contribution in [0, 0.1) is 6.92 Å². The Balaban J connectivity index is 1.69. The number of aryl methyl sites for hydroxylation is 1. The van der Waals surface area contributed by atoms with Crippen LogP contribution in [0.1, 0.15) is 27.2 Å². The van der Waals surface area contributed by atoms with Gasteiger partial charge in [0.05, 0.1) is 12.2 Å². The first kappa shape index (κ1) is 26.7. The number of pyridine rings is 1. The SMILES string of the molecule is Cc1cc(N2C(=O)N(C)C(c3cc(Cl)cc(Cl)c3)(C(F)(F)F)C2O)ccc1C(=O)NCc1ccccn1. The third kappa shape index (κ3) is 4.60. The van der Waals surface area contributed by atoms with Crippen molar-refractivity contribution in [1.29, 1.82) is 0 Å². The van der Waals surface area contributed by atoms with Crippen LogP contribution in [0.3, 0.4) is 0 Å². The molecule has 3 aromatic rings. The molecule has 1 saturated heterocycles. The molecule has 2 heterocycles. The molecule has 7 nitrogen and oxygen atoms in total. The van der Waals surface area contributed by atoms with E-state index in [1.807, 2.05) is 0 Å². The molecule has 2 N–H and O–H groups in total. The number of carbonyl (C=O) groups is 2. The summed E-state index contributed by atoms with van der Waals surface area (Å²) >= 11 is 11.9. The fourth-order valence-electron chi connectivity index (χ4n) is 4.47. The fourth-order valence-corrected chi connectivity index (χ4v) is 4.99. The third-order valence-electron chi connectivity index (χ3n) is 6.26. The number of nitrogens with zero attached hydrogens (tertiary/aromatic N) is 3. The van der Waals surface area contributed by atoms with E-state index in [4.69, 9.17) is 23.2 Å². The van der Waals surface area contributed by atoms with Crippen LogP contribution >= 0.6 is 23.2 Å². The molecule has 3 amide bonds. The second kappa shape index (κ2) is 9.85. The van der Waals surface area contributed by atoms with Crippen LogP contribution in [-0.2, 0) is 12.1 Å². The number of hydrogen-bond donors (Lipinski definition) is 2. The zero-order valence-corrected chi connectivity index (χ0v) is 21.1. The lowest BCUT2D eigenvalue weighted by molar-refractivity contribution is -0.243. The van der Waals surface area contributed by atoms with Gasteiger partial charge in [-0.3, -0.25) is 14.7 Å². The second-order valence-electron chi connectivity index (χ2n) is 8.51. The maximum Gasteiger partial charge on any atom is 0.420 e. The largest absolute Gasteiger partial charge is 0.420 e. The lowest BCUT2D eigenvalue weighted by Gasteiger charge is -2.39. The number of alkyl halides is 3. The molecule has 0 saturated carbocycles. The molecular weight excluding hydrogens is 532 g/mol. The number of carbonyl (C=O) groups excluding carboxylic acids is 2. The lowest BCUT2D eigenvalue weighted by atomic mass is 9.86. The van der Waals surface area contributed by atoms with Crippen molar-refractivity contribution in [2.75, 3.05) is 11.9 Å². The van der Waals surface area contributed by atoms with Gasteiger partial charge in [-0.25, -0.2) is 4.79 Å². The van der Waals surface area contributed by atoms with E-state index in [1.54, 1.807) is 31.3 Å². The average Bonchev–Trinajstić information content (AvgIpc) is 3.03. The Kier molecular flexibility index (Phi) is 7.11. The standard InChI is InChI=1S/C25H21Cl2F3N4O3/c1-14-9-19(6-7-20(14)21(35)32-13-18-5-3-4-8-31-18)34-22(36)24(25(28,29)30,33(2)23(34)37)15-10-16(26)12-17(27)11-15/h3-12,22,36H,13H2,1-2H3,(H,32,35). The van der Waals surface area contributed by atoms with Crippen molar-refractivity contribution in [1.82, 2.24) is 15.2 Å². The quantitative estimate of drug-likeness (QED) is 0.451. The minimum Gasteiger partial charge on any atom is -0.370 e. The van der Waals surface area contributed by atoms with Crippen molar-refractivity contribution in [2.45, 2.75) is 31.4 Å². The van der Waals surface area contributed by atoms with Gasteiger partial charge in [0.1, 0.15) is 0 Å². The molecule has 0 radical (unpaired) electrons. The van der Waals surface area contributed by atoms with Gasteiger partial charge in [-0.2, -0.15) is 13.2 Å². The number of aromatic nitrogens is 1. The molecular formula is C25H21Cl2F3N4O3. The van der Waals surface area contributed by atoms with E-state index in [0.29, 0.717) is 21.1 Å². The topological polar surface area (TPSA) is 85.8 Å². The molecule has 1 aliphatic rings. The van der Waals surface area contributed by atoms with Gasteiger partial charge in [0.2, 0.25) is 5.54 Å². The van der Waals surface area contributed by atoms with Crippen molar-refractivity contribution in [3.63, 3.8) is 0 Å². The van der Waals surface area contributed by atoms with Crippen molar-refractivity contribution in [3.05, 3.63) is 93.2 Å². The number of nitrogens with one attached hydrogen (secondary N) is 1. The van der Waals surface area contributed by atoms with E-state index in [-0.39, 0.29) is 27.8 Å². The minimum atomic E-state index is -5.11. The van der Waals surface area contributed by atoms with Crippen molar-refractivity contribution < 1.29 is 27.9 Å². The van der Waals surface area contributed by atoms with E-state index in [2.05, 4.69) is 10.3 Å². The lowest BCUT2D eigenvalue weighted by Crippen LogP contribution is -2.58. The minimum absolute atomic E-state index is 0.0256. The monoisotopic (exact) mass is 552 g/mol. The number of rotatable bonds is 5. The van der Waals surface area contributed by atoms with Crippen LogP contribution in [0.25, 0.3) is 0 Å². The number of halogens is 5. The predicted molar refractivity (Wildman–Crippen MR) is 132 cm³/mol. The molecule has 1 fully saturated rings. The highest BCUT2D eigenvalue weighted by atomic mass is 35.5. The Bertz CT molecular complexity index is 1340. The summed E-state index contributed by atoms with van der Waals surface area (Å²) in [5.41, 5.74) is -2.41. The predicted octanol–water partition coefficient (Wildman–Crippen LogP) is 5.27. The maximum atomic E-state index is 14.7. The second-order valence-corrected chi connectivity index (χ2v) is 9.38. The zero-order valence-electron chi connectivity index (χ0n) is 19.6. The van der Waals surface area contributed by atoms with Crippen LogP contribution in [0.2, 0.25) is 10.0 Å². The molecule has 37 heavy (non-hydrogen) atoms. The van der Waals surface area contributed by atoms with E-state index in [9.17, 15) is 27.9 Å². The van der Waals surface area contributed by atoms with Crippen molar-refractivity contribution >= 4 is 40.8 Å². The summed E-state index contributed by atoms with van der Waals surface area (Å²) in [7, 11) is 0.945. The normalized spacial score (nSPS) is 19.9. The zero-order chi connectivity index (χ0) is 27.1. The average molecular weight is 553 g/mol. The third-order valence-corrected chi connectivity index (χ3v) is 6.70. The number of aliphatic hydroxyl groups excluding tert-OH is 1. The first-order valence-electron chi connectivity index (χ1n) is 10.9. The number of aliphatic hydroxyl groups is 1. The summed E-state index contributed by atoms with van der Waals surface area (Å²) < 4.78 is 44.0. The number of amides is 3. The summed E-state index contributed by atoms with van der Waals surface area (Å²) in [6.07, 6.45) is -5.91. The van der Waals surface area contributed by atoms with Gasteiger partial charge < -0.3 is 15.3 Å². The number of anilines is 1. The highest BCUT2D eigenvalue weighted by molar-refractivity contribution is 6.34.